The number of amides is 1. The number of nitrogens with one attached hydrogen (secondary N) is 2. The molecule has 2 N–H and O–H groups in total. The van der Waals surface area contributed by atoms with E-state index in [9.17, 15) is 13.2 Å². The van der Waals surface area contributed by atoms with Crippen LogP contribution in [0.3, 0.4) is 0 Å². The number of sulfonamides is 1. The molecule has 126 valence electrons. The second-order valence-electron chi connectivity index (χ2n) is 5.58. The van der Waals surface area contributed by atoms with Crippen molar-refractivity contribution in [1.29, 1.82) is 0 Å². The van der Waals surface area contributed by atoms with Crippen LogP contribution in [-0.2, 0) is 14.8 Å². The summed E-state index contributed by atoms with van der Waals surface area (Å²) in [4.78, 5) is 16.3. The van der Waals surface area contributed by atoms with Crippen molar-refractivity contribution < 1.29 is 17.9 Å². The average Bonchev–Trinajstić information content (AvgIpc) is 2.52. The fourth-order valence-electron chi connectivity index (χ4n) is 2.86. The summed E-state index contributed by atoms with van der Waals surface area (Å²) >= 11 is 0. The van der Waals surface area contributed by atoms with Crippen molar-refractivity contribution >= 4 is 27.3 Å². The number of benzene rings is 1. The van der Waals surface area contributed by atoms with Crippen LogP contribution in [0.4, 0.5) is 11.4 Å². The molecule has 2 heterocycles. The Morgan fingerprint density at radius 2 is 2.08 bits per heavy atom. The Kier molecular flexibility index (Phi) is 4.15. The molecule has 0 aliphatic carbocycles. The minimum atomic E-state index is -3.39. The van der Waals surface area contributed by atoms with Crippen molar-refractivity contribution in [3.8, 4) is 5.88 Å². The van der Waals surface area contributed by atoms with Gasteiger partial charge in [-0.15, -0.1) is 0 Å². The number of carbonyl (C=O) groups excluding carboxylic acids is 1. The van der Waals surface area contributed by atoms with E-state index >= 15 is 0 Å². The van der Waals surface area contributed by atoms with E-state index < -0.39 is 10.0 Å². The van der Waals surface area contributed by atoms with Crippen molar-refractivity contribution in [3.63, 3.8) is 0 Å². The van der Waals surface area contributed by atoms with Crippen LogP contribution in [0, 0.1) is 0 Å². The molecule has 7 nitrogen and oxygen atoms in total. The number of methoxy groups -OCH3 is 1. The zero-order valence-electron chi connectivity index (χ0n) is 13.2. The quantitative estimate of drug-likeness (QED) is 0.881. The van der Waals surface area contributed by atoms with Gasteiger partial charge in [-0.3, -0.25) is 9.52 Å². The Balaban J connectivity index is 2.06. The molecule has 0 radical (unpaired) electrons. The van der Waals surface area contributed by atoms with Gasteiger partial charge in [0.2, 0.25) is 21.8 Å². The maximum atomic E-state index is 12.1. The molecule has 1 aliphatic heterocycles. The summed E-state index contributed by atoms with van der Waals surface area (Å²) in [6.07, 6.45) is 2.98. The lowest BCUT2D eigenvalue weighted by atomic mass is 9.85. The first-order chi connectivity index (χ1) is 11.4. The monoisotopic (exact) mass is 347 g/mol. The number of hydrogen-bond donors (Lipinski definition) is 2. The van der Waals surface area contributed by atoms with Gasteiger partial charge in [-0.2, -0.15) is 0 Å². The lowest BCUT2D eigenvalue weighted by molar-refractivity contribution is -0.116. The largest absolute Gasteiger partial charge is 0.481 e. The molecule has 1 aromatic carbocycles. The predicted octanol–water partition coefficient (Wildman–Crippen LogP) is 1.94. The number of ether oxygens (including phenoxy) is 1. The van der Waals surface area contributed by atoms with Gasteiger partial charge in [-0.1, -0.05) is 12.1 Å². The van der Waals surface area contributed by atoms with Crippen molar-refractivity contribution in [1.82, 2.24) is 4.98 Å². The van der Waals surface area contributed by atoms with Crippen LogP contribution in [0.2, 0.25) is 0 Å². The van der Waals surface area contributed by atoms with E-state index in [1.54, 1.807) is 30.5 Å². The lowest BCUT2D eigenvalue weighted by Crippen LogP contribution is -2.24. The van der Waals surface area contributed by atoms with Gasteiger partial charge in [0.1, 0.15) is 0 Å². The molecule has 8 heteroatoms. The van der Waals surface area contributed by atoms with E-state index in [1.807, 2.05) is 6.07 Å². The molecule has 1 atom stereocenters. The van der Waals surface area contributed by atoms with Crippen LogP contribution < -0.4 is 14.8 Å². The first-order valence-corrected chi connectivity index (χ1v) is 9.17. The minimum Gasteiger partial charge on any atom is -0.481 e. The van der Waals surface area contributed by atoms with Crippen LogP contribution >= 0.6 is 0 Å². The molecule has 0 saturated heterocycles. The Morgan fingerprint density at radius 1 is 1.29 bits per heavy atom. The third-order valence-electron chi connectivity index (χ3n) is 3.76. The maximum absolute atomic E-state index is 12.1. The van der Waals surface area contributed by atoms with Crippen molar-refractivity contribution in [2.45, 2.75) is 12.3 Å². The summed E-state index contributed by atoms with van der Waals surface area (Å²) in [5.41, 5.74) is 2.69. The zero-order valence-corrected chi connectivity index (χ0v) is 14.1. The number of aromatic nitrogens is 1. The number of rotatable bonds is 4. The molecule has 3 rings (SSSR count). The highest BCUT2D eigenvalue weighted by molar-refractivity contribution is 7.92. The molecular weight excluding hydrogens is 330 g/mol. The molecule has 1 amide bonds. The first-order valence-electron chi connectivity index (χ1n) is 7.28. The standard InChI is InChI=1S/C16H17N3O4S/c1-23-16-12(4-3-7-17-16)13-9-15(20)18-14-8-10(5-6-11(13)14)19-24(2,21)22/h3-8,13,19H,9H2,1-2H3,(H,18,20)/t13-/m1/s1. The average molecular weight is 347 g/mol. The SMILES string of the molecule is COc1ncccc1[C@@H]1CC(=O)Nc2cc(NS(C)(=O)=O)ccc21. The van der Waals surface area contributed by atoms with E-state index in [0.29, 0.717) is 17.3 Å². The maximum Gasteiger partial charge on any atom is 0.229 e. The Labute approximate surface area is 140 Å². The van der Waals surface area contributed by atoms with Crippen LogP contribution in [-0.4, -0.2) is 32.7 Å². The molecule has 1 aliphatic rings. The fourth-order valence-corrected chi connectivity index (χ4v) is 3.41. The van der Waals surface area contributed by atoms with Crippen molar-refractivity contribution in [2.75, 3.05) is 23.4 Å². The van der Waals surface area contributed by atoms with E-state index in [0.717, 1.165) is 17.4 Å². The van der Waals surface area contributed by atoms with Crippen LogP contribution in [0.25, 0.3) is 0 Å². The van der Waals surface area contributed by atoms with Gasteiger partial charge in [0.15, 0.2) is 0 Å². The molecule has 0 fully saturated rings. The highest BCUT2D eigenvalue weighted by atomic mass is 32.2. The number of pyridine rings is 1. The Morgan fingerprint density at radius 3 is 2.79 bits per heavy atom. The fraction of sp³-hybridized carbons (Fsp3) is 0.250. The summed E-state index contributed by atoms with van der Waals surface area (Å²) < 4.78 is 30.5. The molecule has 1 aromatic heterocycles. The molecule has 0 saturated carbocycles. The van der Waals surface area contributed by atoms with Gasteiger partial charge in [0.25, 0.3) is 0 Å². The predicted molar refractivity (Wildman–Crippen MR) is 90.8 cm³/mol. The number of hydrogen-bond acceptors (Lipinski definition) is 5. The second kappa shape index (κ2) is 6.12. The first kappa shape index (κ1) is 16.3. The van der Waals surface area contributed by atoms with Crippen molar-refractivity contribution in [2.24, 2.45) is 0 Å². The lowest BCUT2D eigenvalue weighted by Gasteiger charge is -2.27. The molecule has 0 spiro atoms. The summed E-state index contributed by atoms with van der Waals surface area (Å²) in [7, 11) is -1.85. The summed E-state index contributed by atoms with van der Waals surface area (Å²) in [5.74, 6) is 0.126. The minimum absolute atomic E-state index is 0.144. The molecule has 0 unspecified atom stereocenters. The van der Waals surface area contributed by atoms with E-state index in [1.165, 1.54) is 7.11 Å². The smallest absolute Gasteiger partial charge is 0.229 e. The highest BCUT2D eigenvalue weighted by Gasteiger charge is 2.29. The third-order valence-corrected chi connectivity index (χ3v) is 4.37. The molecular formula is C16H17N3O4S. The second-order valence-corrected chi connectivity index (χ2v) is 7.33. The van der Waals surface area contributed by atoms with E-state index in [2.05, 4.69) is 15.0 Å². The third kappa shape index (κ3) is 3.33. The Hall–Kier alpha value is -2.61. The van der Waals surface area contributed by atoms with Crippen LogP contribution in [0.15, 0.2) is 36.5 Å². The molecule has 0 bridgehead atoms. The number of nitrogens with zero attached hydrogens (tertiary/aromatic N) is 1. The molecule has 24 heavy (non-hydrogen) atoms. The van der Waals surface area contributed by atoms with E-state index in [-0.39, 0.29) is 18.2 Å². The summed E-state index contributed by atoms with van der Waals surface area (Å²) in [5, 5.41) is 2.79. The normalized spacial score (nSPS) is 16.9. The molecule has 2 aromatic rings. The van der Waals surface area contributed by atoms with Gasteiger partial charge >= 0.3 is 0 Å². The topological polar surface area (TPSA) is 97.4 Å². The number of anilines is 2. The summed E-state index contributed by atoms with van der Waals surface area (Å²) in [6, 6.07) is 8.76. The van der Waals surface area contributed by atoms with Crippen molar-refractivity contribution in [3.05, 3.63) is 47.7 Å². The van der Waals surface area contributed by atoms with Crippen LogP contribution in [0.1, 0.15) is 23.5 Å². The number of carbonyl (C=O) groups is 1. The van der Waals surface area contributed by atoms with Gasteiger partial charge in [-0.05, 0) is 23.8 Å². The van der Waals surface area contributed by atoms with Crippen LogP contribution in [0.5, 0.6) is 5.88 Å². The van der Waals surface area contributed by atoms with Gasteiger partial charge in [0, 0.05) is 29.8 Å². The summed E-state index contributed by atoms with van der Waals surface area (Å²) in [6.45, 7) is 0. The van der Waals surface area contributed by atoms with Gasteiger partial charge < -0.3 is 10.1 Å². The van der Waals surface area contributed by atoms with E-state index in [4.69, 9.17) is 4.74 Å². The van der Waals surface area contributed by atoms with Gasteiger partial charge in [-0.25, -0.2) is 13.4 Å². The zero-order chi connectivity index (χ0) is 17.3. The van der Waals surface area contributed by atoms with Gasteiger partial charge in [0.05, 0.1) is 19.1 Å². The Bertz CT molecular complexity index is 896. The number of fused-ring (bicyclic) bond motifs is 1. The highest BCUT2D eigenvalue weighted by Crippen LogP contribution is 2.40.